The second kappa shape index (κ2) is 9.34. The van der Waals surface area contributed by atoms with Gasteiger partial charge in [0, 0.05) is 0 Å². The van der Waals surface area contributed by atoms with Gasteiger partial charge < -0.3 is 4.98 Å². The number of sulfonamides is 1. The molecule has 0 spiro atoms. The van der Waals surface area contributed by atoms with Gasteiger partial charge in [0.05, 0.1) is 28.4 Å². The minimum Gasteiger partial charge on any atom is -0.341 e. The van der Waals surface area contributed by atoms with Gasteiger partial charge in [0.2, 0.25) is 15.9 Å². The molecule has 0 radical (unpaired) electrons. The van der Waals surface area contributed by atoms with Crippen LogP contribution in [0.3, 0.4) is 0 Å². The van der Waals surface area contributed by atoms with Crippen LogP contribution in [0.1, 0.15) is 40.2 Å². The number of H-pyrrole nitrogens is 1. The highest BCUT2D eigenvalue weighted by Gasteiger charge is 2.38. The number of hydrogen-bond acceptors (Lipinski definition) is 6. The van der Waals surface area contributed by atoms with Crippen molar-refractivity contribution in [3.05, 3.63) is 95.3 Å². The van der Waals surface area contributed by atoms with Crippen molar-refractivity contribution in [2.45, 2.75) is 36.0 Å². The molecule has 1 aromatic heterocycles. The summed E-state index contributed by atoms with van der Waals surface area (Å²) in [6.45, 7) is 1.83. The van der Waals surface area contributed by atoms with Crippen molar-refractivity contribution in [1.82, 2.24) is 19.4 Å². The minimum atomic E-state index is -3.84. The van der Waals surface area contributed by atoms with E-state index in [9.17, 15) is 22.3 Å². The molecular formula is C25H26N4O5S2. The number of carbonyl (C=O) groups is 1. The maximum atomic E-state index is 13.2. The maximum Gasteiger partial charge on any atom is 0.241 e. The Morgan fingerprint density at radius 2 is 1.81 bits per heavy atom. The zero-order valence-corrected chi connectivity index (χ0v) is 21.0. The SMILES string of the molecule is Cc1cc(C[C@H](NS(=O)(=O)c2ccccc2)c2nc3ccccc3[nH]2)ccc1[C@H]1CC(=O)NS1(O)O. The summed E-state index contributed by atoms with van der Waals surface area (Å²) in [6.07, 6.45) is 0.298. The molecule has 1 aliphatic rings. The van der Waals surface area contributed by atoms with E-state index in [1.807, 2.05) is 43.3 Å². The maximum absolute atomic E-state index is 13.2. The zero-order valence-electron chi connectivity index (χ0n) is 19.4. The van der Waals surface area contributed by atoms with E-state index < -0.39 is 38.0 Å². The van der Waals surface area contributed by atoms with Gasteiger partial charge in [0.1, 0.15) is 11.1 Å². The molecule has 4 aromatic rings. The van der Waals surface area contributed by atoms with Crippen LogP contribution in [-0.2, 0) is 21.2 Å². The van der Waals surface area contributed by atoms with Crippen LogP contribution < -0.4 is 9.44 Å². The average molecular weight is 527 g/mol. The Morgan fingerprint density at radius 3 is 2.47 bits per heavy atom. The Hall–Kier alpha value is -3.22. The first-order chi connectivity index (χ1) is 17.1. The second-order valence-electron chi connectivity index (χ2n) is 8.83. The van der Waals surface area contributed by atoms with Crippen LogP contribution in [0.25, 0.3) is 11.0 Å². The summed E-state index contributed by atoms with van der Waals surface area (Å²) in [5, 5.41) is -0.721. The van der Waals surface area contributed by atoms with Crippen molar-refractivity contribution in [3.63, 3.8) is 0 Å². The number of benzene rings is 3. The summed E-state index contributed by atoms with van der Waals surface area (Å²) < 4.78 is 52.0. The van der Waals surface area contributed by atoms with Gasteiger partial charge in [-0.15, -0.1) is 10.8 Å². The van der Waals surface area contributed by atoms with Crippen molar-refractivity contribution in [2.24, 2.45) is 0 Å². The molecule has 1 aliphatic heterocycles. The number of hydrogen-bond donors (Lipinski definition) is 5. The number of fused-ring (bicyclic) bond motifs is 1. The van der Waals surface area contributed by atoms with Crippen LogP contribution in [0.4, 0.5) is 0 Å². The van der Waals surface area contributed by atoms with Crippen molar-refractivity contribution in [2.75, 3.05) is 0 Å². The molecule has 2 atom stereocenters. The van der Waals surface area contributed by atoms with Crippen molar-refractivity contribution in [1.29, 1.82) is 0 Å². The Balaban J connectivity index is 1.48. The molecule has 1 saturated heterocycles. The van der Waals surface area contributed by atoms with Gasteiger partial charge in [0.15, 0.2) is 0 Å². The lowest BCUT2D eigenvalue weighted by Gasteiger charge is -2.33. The van der Waals surface area contributed by atoms with Gasteiger partial charge in [-0.25, -0.2) is 18.1 Å². The molecule has 188 valence electrons. The predicted molar refractivity (Wildman–Crippen MR) is 139 cm³/mol. The number of rotatable bonds is 7. The minimum absolute atomic E-state index is 0.000996. The van der Waals surface area contributed by atoms with Gasteiger partial charge in [-0.2, -0.15) is 0 Å². The third-order valence-corrected chi connectivity index (χ3v) is 9.47. The van der Waals surface area contributed by atoms with Gasteiger partial charge in [-0.05, 0) is 54.3 Å². The number of para-hydroxylation sites is 2. The highest BCUT2D eigenvalue weighted by atomic mass is 32.3. The number of nitrogens with zero attached hydrogens (tertiary/aromatic N) is 1. The Labute approximate surface area is 210 Å². The third kappa shape index (κ3) is 4.88. The number of aromatic nitrogens is 2. The molecule has 11 heteroatoms. The highest BCUT2D eigenvalue weighted by molar-refractivity contribution is 8.23. The van der Waals surface area contributed by atoms with Gasteiger partial charge in [0.25, 0.3) is 0 Å². The number of imidazole rings is 1. The van der Waals surface area contributed by atoms with Gasteiger partial charge >= 0.3 is 0 Å². The van der Waals surface area contributed by atoms with E-state index in [1.54, 1.807) is 24.3 Å². The van der Waals surface area contributed by atoms with Crippen LogP contribution in [0.5, 0.6) is 0 Å². The van der Waals surface area contributed by atoms with Crippen LogP contribution in [0.15, 0.2) is 77.7 Å². The monoisotopic (exact) mass is 526 g/mol. The second-order valence-corrected chi connectivity index (χ2v) is 12.5. The van der Waals surface area contributed by atoms with Gasteiger partial charge in [-0.3, -0.25) is 18.6 Å². The van der Waals surface area contributed by atoms with Crippen LogP contribution >= 0.6 is 10.8 Å². The van der Waals surface area contributed by atoms with E-state index in [0.717, 1.165) is 22.2 Å². The number of nitrogens with one attached hydrogen (secondary N) is 3. The molecule has 1 amide bonds. The molecular weight excluding hydrogens is 500 g/mol. The van der Waals surface area contributed by atoms with E-state index in [4.69, 9.17) is 0 Å². The molecule has 0 saturated carbocycles. The van der Waals surface area contributed by atoms with E-state index in [0.29, 0.717) is 17.8 Å². The Bertz CT molecular complexity index is 1500. The third-order valence-electron chi connectivity index (χ3n) is 6.24. The molecule has 1 fully saturated rings. The van der Waals surface area contributed by atoms with E-state index in [-0.39, 0.29) is 11.3 Å². The summed E-state index contributed by atoms with van der Waals surface area (Å²) >= 11 is 0. The molecule has 5 rings (SSSR count). The number of aryl methyl sites for hydroxylation is 1. The van der Waals surface area contributed by atoms with Crippen molar-refractivity contribution < 1.29 is 22.3 Å². The predicted octanol–water partition coefficient (Wildman–Crippen LogP) is 4.36. The lowest BCUT2D eigenvalue weighted by atomic mass is 9.97. The number of amides is 1. The largest absolute Gasteiger partial charge is 0.341 e. The molecule has 0 aliphatic carbocycles. The first-order valence-corrected chi connectivity index (χ1v) is 14.4. The van der Waals surface area contributed by atoms with E-state index in [1.165, 1.54) is 12.1 Å². The fraction of sp³-hybridized carbons (Fsp3) is 0.200. The Morgan fingerprint density at radius 1 is 1.08 bits per heavy atom. The van der Waals surface area contributed by atoms with Crippen molar-refractivity contribution in [3.8, 4) is 0 Å². The average Bonchev–Trinajstić information content (AvgIpc) is 3.38. The van der Waals surface area contributed by atoms with Crippen LogP contribution in [-0.4, -0.2) is 33.4 Å². The van der Waals surface area contributed by atoms with E-state index >= 15 is 0 Å². The molecule has 5 N–H and O–H groups in total. The molecule has 9 nitrogen and oxygen atoms in total. The lowest BCUT2D eigenvalue weighted by Crippen LogP contribution is -2.31. The molecule has 36 heavy (non-hydrogen) atoms. The molecule has 3 aromatic carbocycles. The normalized spacial score (nSPS) is 19.2. The van der Waals surface area contributed by atoms with Crippen LogP contribution in [0.2, 0.25) is 0 Å². The first kappa shape index (κ1) is 24.5. The van der Waals surface area contributed by atoms with E-state index in [2.05, 4.69) is 19.4 Å². The summed E-state index contributed by atoms with van der Waals surface area (Å²) in [5.74, 6) is 0.0842. The topological polar surface area (TPSA) is 144 Å². The lowest BCUT2D eigenvalue weighted by molar-refractivity contribution is -0.118. The standard InChI is InChI=1S/C25H26N4O5S2/c1-16-13-17(11-12-19(16)23-15-24(30)29-36(23,33)34)14-22(25-26-20-9-5-6-10-21(20)27-25)28-35(31,32)18-7-3-2-4-8-18/h2-13,22-23,28,33-34H,14-15H2,1H3,(H,26,27)(H,29,30)/t22-,23+/m0/s1. The summed E-state index contributed by atoms with van der Waals surface area (Å²) in [6, 6.07) is 20.4. The summed E-state index contributed by atoms with van der Waals surface area (Å²) in [7, 11) is -7.10. The zero-order chi connectivity index (χ0) is 25.5. The fourth-order valence-electron chi connectivity index (χ4n) is 4.50. The summed E-state index contributed by atoms with van der Waals surface area (Å²) in [5.41, 5.74) is 3.80. The molecule has 0 unspecified atom stereocenters. The van der Waals surface area contributed by atoms with Crippen molar-refractivity contribution >= 4 is 37.7 Å². The highest BCUT2D eigenvalue weighted by Crippen LogP contribution is 2.56. The Kier molecular flexibility index (Phi) is 6.35. The number of carbonyl (C=O) groups excluding carboxylic acids is 1. The quantitative estimate of drug-likeness (QED) is 0.242. The smallest absolute Gasteiger partial charge is 0.241 e. The summed E-state index contributed by atoms with van der Waals surface area (Å²) in [4.78, 5) is 19.8. The van der Waals surface area contributed by atoms with Gasteiger partial charge in [-0.1, -0.05) is 48.5 Å². The first-order valence-electron chi connectivity index (χ1n) is 11.3. The molecule has 2 heterocycles. The fourth-order valence-corrected chi connectivity index (χ4v) is 7.28. The molecule has 0 bridgehead atoms. The van der Waals surface area contributed by atoms with Crippen LogP contribution in [0, 0.1) is 6.92 Å². The number of aromatic amines is 1.